The Hall–Kier alpha value is -2.34. The number of aliphatic carboxylic acids is 2. The molecule has 5 N–H and O–H groups in total. The van der Waals surface area contributed by atoms with Gasteiger partial charge in [0, 0.05) is 16.6 Å². The maximum atomic E-state index is 9.10. The number of H-pyrrole nitrogens is 1. The molecule has 6 nitrogen and oxygen atoms in total. The molecule has 1 saturated carbocycles. The SMILES string of the molecule is Cc1[nH]c2ccccc2c1[C@H]1[C@@H](CCN)C1(C)C.O=C(O)C(=O)O. The first-order valence-corrected chi connectivity index (χ1v) is 7.95. The molecule has 1 aromatic carbocycles. The Labute approximate surface area is 140 Å². The molecule has 0 radical (unpaired) electrons. The Morgan fingerprint density at radius 1 is 1.21 bits per heavy atom. The van der Waals surface area contributed by atoms with Crippen molar-refractivity contribution in [3.63, 3.8) is 0 Å². The summed E-state index contributed by atoms with van der Waals surface area (Å²) >= 11 is 0. The van der Waals surface area contributed by atoms with Crippen LogP contribution in [-0.2, 0) is 9.59 Å². The molecule has 6 heteroatoms. The van der Waals surface area contributed by atoms with Gasteiger partial charge in [-0.2, -0.15) is 0 Å². The van der Waals surface area contributed by atoms with E-state index < -0.39 is 11.9 Å². The quantitative estimate of drug-likeness (QED) is 0.645. The average Bonchev–Trinajstić information content (AvgIpc) is 2.88. The Bertz CT molecular complexity index is 751. The predicted molar refractivity (Wildman–Crippen MR) is 92.0 cm³/mol. The van der Waals surface area contributed by atoms with E-state index in [2.05, 4.69) is 50.0 Å². The molecule has 1 aromatic heterocycles. The Balaban J connectivity index is 0.000000301. The van der Waals surface area contributed by atoms with Gasteiger partial charge in [0.2, 0.25) is 0 Å². The number of nitrogens with two attached hydrogens (primary N) is 1. The van der Waals surface area contributed by atoms with E-state index in [1.165, 1.54) is 22.2 Å². The number of para-hydroxylation sites is 1. The van der Waals surface area contributed by atoms with Crippen LogP contribution in [0.5, 0.6) is 0 Å². The van der Waals surface area contributed by atoms with Crippen LogP contribution >= 0.6 is 0 Å². The first-order valence-electron chi connectivity index (χ1n) is 7.95. The number of aryl methyl sites for hydroxylation is 1. The van der Waals surface area contributed by atoms with Crippen molar-refractivity contribution in [1.82, 2.24) is 4.98 Å². The predicted octanol–water partition coefficient (Wildman–Crippen LogP) is 2.72. The minimum atomic E-state index is -1.82. The number of fused-ring (bicyclic) bond motifs is 1. The maximum Gasteiger partial charge on any atom is 0.414 e. The summed E-state index contributed by atoms with van der Waals surface area (Å²) in [6.45, 7) is 7.74. The van der Waals surface area contributed by atoms with Gasteiger partial charge in [0.15, 0.2) is 0 Å². The van der Waals surface area contributed by atoms with Crippen molar-refractivity contribution in [2.24, 2.45) is 17.1 Å². The monoisotopic (exact) mass is 332 g/mol. The number of benzene rings is 1. The molecule has 2 atom stereocenters. The fraction of sp³-hybridized carbons (Fsp3) is 0.444. The molecular weight excluding hydrogens is 308 g/mol. The van der Waals surface area contributed by atoms with Gasteiger partial charge >= 0.3 is 11.9 Å². The van der Waals surface area contributed by atoms with Crippen LogP contribution in [-0.4, -0.2) is 33.7 Å². The van der Waals surface area contributed by atoms with Gasteiger partial charge in [0.25, 0.3) is 0 Å². The lowest BCUT2D eigenvalue weighted by Crippen LogP contribution is -2.09. The fourth-order valence-corrected chi connectivity index (χ4v) is 3.73. The highest BCUT2D eigenvalue weighted by Gasteiger charge is 2.58. The van der Waals surface area contributed by atoms with E-state index in [9.17, 15) is 0 Å². The van der Waals surface area contributed by atoms with Crippen LogP contribution in [0.25, 0.3) is 10.9 Å². The second-order valence-corrected chi connectivity index (χ2v) is 6.80. The topological polar surface area (TPSA) is 116 Å². The number of carboxylic acids is 2. The van der Waals surface area contributed by atoms with Gasteiger partial charge in [-0.25, -0.2) is 9.59 Å². The molecular formula is C18H24N2O4. The highest BCUT2D eigenvalue weighted by atomic mass is 16.4. The lowest BCUT2D eigenvalue weighted by Gasteiger charge is -2.03. The number of hydrogen-bond acceptors (Lipinski definition) is 3. The molecule has 2 aromatic rings. The Morgan fingerprint density at radius 2 is 1.79 bits per heavy atom. The zero-order valence-corrected chi connectivity index (χ0v) is 14.2. The van der Waals surface area contributed by atoms with E-state index in [0.29, 0.717) is 11.3 Å². The summed E-state index contributed by atoms with van der Waals surface area (Å²) in [6.07, 6.45) is 1.14. The van der Waals surface area contributed by atoms with Crippen molar-refractivity contribution in [2.75, 3.05) is 6.54 Å². The minimum absolute atomic E-state index is 0.398. The summed E-state index contributed by atoms with van der Waals surface area (Å²) in [5.74, 6) is -2.25. The largest absolute Gasteiger partial charge is 0.473 e. The van der Waals surface area contributed by atoms with Crippen molar-refractivity contribution >= 4 is 22.8 Å². The number of carboxylic acid groups (broad SMARTS) is 2. The van der Waals surface area contributed by atoms with Gasteiger partial charge in [-0.15, -0.1) is 0 Å². The van der Waals surface area contributed by atoms with E-state index in [1.807, 2.05) is 0 Å². The van der Waals surface area contributed by atoms with Crippen LogP contribution < -0.4 is 5.73 Å². The summed E-state index contributed by atoms with van der Waals surface area (Å²) in [4.78, 5) is 21.7. The van der Waals surface area contributed by atoms with Crippen molar-refractivity contribution < 1.29 is 19.8 Å². The zero-order chi connectivity index (χ0) is 18.1. The molecule has 0 amide bonds. The van der Waals surface area contributed by atoms with E-state index in [1.54, 1.807) is 0 Å². The fourth-order valence-electron chi connectivity index (χ4n) is 3.73. The van der Waals surface area contributed by atoms with Crippen LogP contribution in [0.2, 0.25) is 0 Å². The van der Waals surface area contributed by atoms with Crippen LogP contribution in [0, 0.1) is 18.3 Å². The molecule has 1 aliphatic rings. The third-order valence-corrected chi connectivity index (χ3v) is 4.97. The van der Waals surface area contributed by atoms with Crippen LogP contribution in [0.4, 0.5) is 0 Å². The molecule has 0 spiro atoms. The van der Waals surface area contributed by atoms with Crippen molar-refractivity contribution in [3.05, 3.63) is 35.5 Å². The number of aromatic amines is 1. The average molecular weight is 332 g/mol. The molecule has 24 heavy (non-hydrogen) atoms. The number of rotatable bonds is 3. The molecule has 1 heterocycles. The van der Waals surface area contributed by atoms with Gasteiger partial charge in [-0.1, -0.05) is 32.0 Å². The van der Waals surface area contributed by atoms with E-state index >= 15 is 0 Å². The van der Waals surface area contributed by atoms with Crippen LogP contribution in [0.15, 0.2) is 24.3 Å². The highest BCUT2D eigenvalue weighted by Crippen LogP contribution is 2.67. The maximum absolute atomic E-state index is 9.10. The number of nitrogens with one attached hydrogen (secondary N) is 1. The van der Waals surface area contributed by atoms with Gasteiger partial charge in [0.05, 0.1) is 0 Å². The summed E-state index contributed by atoms with van der Waals surface area (Å²) in [5, 5.41) is 16.2. The van der Waals surface area contributed by atoms with Crippen molar-refractivity contribution in [3.8, 4) is 0 Å². The smallest absolute Gasteiger partial charge is 0.414 e. The molecule has 3 rings (SSSR count). The van der Waals surface area contributed by atoms with Crippen molar-refractivity contribution in [2.45, 2.75) is 33.1 Å². The van der Waals surface area contributed by atoms with Crippen LogP contribution in [0.3, 0.4) is 0 Å². The van der Waals surface area contributed by atoms with E-state index in [-0.39, 0.29) is 0 Å². The lowest BCUT2D eigenvalue weighted by atomic mass is 10.0. The second kappa shape index (κ2) is 6.65. The Morgan fingerprint density at radius 3 is 2.33 bits per heavy atom. The molecule has 130 valence electrons. The van der Waals surface area contributed by atoms with Gasteiger partial charge in [-0.05, 0) is 48.8 Å². The van der Waals surface area contributed by atoms with Gasteiger partial charge in [0.1, 0.15) is 0 Å². The molecule has 0 unspecified atom stereocenters. The lowest BCUT2D eigenvalue weighted by molar-refractivity contribution is -0.159. The molecule has 1 fully saturated rings. The zero-order valence-electron chi connectivity index (χ0n) is 14.2. The minimum Gasteiger partial charge on any atom is -0.473 e. The summed E-state index contributed by atoms with van der Waals surface area (Å²) in [7, 11) is 0. The third-order valence-electron chi connectivity index (χ3n) is 4.97. The third kappa shape index (κ3) is 3.28. The molecule has 0 aliphatic heterocycles. The number of aromatic nitrogens is 1. The molecule has 1 aliphatic carbocycles. The molecule has 0 bridgehead atoms. The second-order valence-electron chi connectivity index (χ2n) is 6.80. The number of carbonyl (C=O) groups is 2. The van der Waals surface area contributed by atoms with Gasteiger partial charge < -0.3 is 20.9 Å². The Kier molecular flexibility index (Phi) is 4.99. The van der Waals surface area contributed by atoms with E-state index in [0.717, 1.165) is 18.9 Å². The summed E-state index contributed by atoms with van der Waals surface area (Å²) in [6, 6.07) is 8.63. The normalized spacial score (nSPS) is 21.0. The summed E-state index contributed by atoms with van der Waals surface area (Å²) < 4.78 is 0. The molecule has 0 saturated heterocycles. The van der Waals surface area contributed by atoms with Crippen LogP contribution in [0.1, 0.15) is 37.4 Å². The van der Waals surface area contributed by atoms with Gasteiger partial charge in [-0.3, -0.25) is 0 Å². The van der Waals surface area contributed by atoms with E-state index in [4.69, 9.17) is 25.5 Å². The first-order chi connectivity index (χ1) is 11.2. The first kappa shape index (κ1) is 18.0. The number of hydrogen-bond donors (Lipinski definition) is 4. The standard InChI is InChI=1S/C16H22N2.C2H2O4/c1-10-14(11-6-4-5-7-13(11)18-10)15-12(8-9-17)16(15,2)3;3-1(4)2(5)6/h4-7,12,15,18H,8-9,17H2,1-3H3;(H,3,4)(H,5,6)/t12-,15-;/m1./s1. The van der Waals surface area contributed by atoms with Crippen molar-refractivity contribution in [1.29, 1.82) is 0 Å². The highest BCUT2D eigenvalue weighted by molar-refractivity contribution is 6.27. The summed E-state index contributed by atoms with van der Waals surface area (Å²) in [5.41, 5.74) is 10.3.